The summed E-state index contributed by atoms with van der Waals surface area (Å²) >= 11 is 0. The zero-order valence-corrected chi connectivity index (χ0v) is 10.9. The molecular weight excluding hydrogens is 226 g/mol. The van der Waals surface area contributed by atoms with E-state index < -0.39 is 0 Å². The number of hydrogen-bond donors (Lipinski definition) is 1. The molecule has 1 aliphatic heterocycles. The van der Waals surface area contributed by atoms with Gasteiger partial charge in [0.1, 0.15) is 13.2 Å². The highest BCUT2D eigenvalue weighted by atomic mass is 16.6. The Bertz CT molecular complexity index is 403. The maximum Gasteiger partial charge on any atom is 0.166 e. The van der Waals surface area contributed by atoms with E-state index in [1.807, 2.05) is 18.2 Å². The molecule has 1 heterocycles. The Morgan fingerprint density at radius 1 is 1.39 bits per heavy atom. The smallest absolute Gasteiger partial charge is 0.166 e. The first-order valence-corrected chi connectivity index (χ1v) is 6.59. The third kappa shape index (κ3) is 2.85. The predicted octanol–water partition coefficient (Wildman–Crippen LogP) is 3.07. The van der Waals surface area contributed by atoms with Crippen LogP contribution in [0.4, 0.5) is 0 Å². The van der Waals surface area contributed by atoms with Crippen molar-refractivity contribution in [3.05, 3.63) is 36.4 Å². The Kier molecular flexibility index (Phi) is 4.65. The van der Waals surface area contributed by atoms with Gasteiger partial charge in [-0.2, -0.15) is 0 Å². The van der Waals surface area contributed by atoms with Gasteiger partial charge in [0.05, 0.1) is 0 Å². The predicted molar refractivity (Wildman–Crippen MR) is 73.3 cm³/mol. The lowest BCUT2D eigenvalue weighted by Crippen LogP contribution is -2.24. The summed E-state index contributed by atoms with van der Waals surface area (Å²) in [6, 6.07) is 6.33. The fourth-order valence-electron chi connectivity index (χ4n) is 2.18. The Hall–Kier alpha value is -1.48. The first kappa shape index (κ1) is 13.0. The normalized spacial score (nSPS) is 15.2. The van der Waals surface area contributed by atoms with Gasteiger partial charge >= 0.3 is 0 Å². The van der Waals surface area contributed by atoms with Crippen LogP contribution in [0.2, 0.25) is 0 Å². The summed E-state index contributed by atoms with van der Waals surface area (Å²) in [5, 5.41) is 3.53. The average Bonchev–Trinajstić information content (AvgIpc) is 2.43. The molecule has 0 aromatic heterocycles. The van der Waals surface area contributed by atoms with E-state index in [1.165, 1.54) is 5.56 Å². The minimum absolute atomic E-state index is 0.249. The molecule has 3 heteroatoms. The van der Waals surface area contributed by atoms with Gasteiger partial charge in [-0.3, -0.25) is 0 Å². The number of ether oxygens (including phenoxy) is 2. The van der Waals surface area contributed by atoms with Crippen LogP contribution in [0, 0.1) is 0 Å². The standard InChI is InChI=1S/C15H21NO2/c1-3-6-13(16-9-4-2)12-7-5-8-14-15(12)18-11-10-17-14/h3,5,7-8,13,16H,1,4,6,9-11H2,2H3. The topological polar surface area (TPSA) is 30.5 Å². The summed E-state index contributed by atoms with van der Waals surface area (Å²) in [4.78, 5) is 0. The van der Waals surface area contributed by atoms with Crippen molar-refractivity contribution in [3.63, 3.8) is 0 Å². The van der Waals surface area contributed by atoms with Crippen LogP contribution in [0.25, 0.3) is 0 Å². The highest BCUT2D eigenvalue weighted by molar-refractivity contribution is 5.49. The van der Waals surface area contributed by atoms with Gasteiger partial charge in [0.2, 0.25) is 0 Å². The van der Waals surface area contributed by atoms with Gasteiger partial charge in [0.15, 0.2) is 11.5 Å². The van der Waals surface area contributed by atoms with Crippen LogP contribution in [0.1, 0.15) is 31.4 Å². The molecule has 0 fully saturated rings. The minimum atomic E-state index is 0.249. The van der Waals surface area contributed by atoms with E-state index >= 15 is 0 Å². The summed E-state index contributed by atoms with van der Waals surface area (Å²) in [5.74, 6) is 1.74. The van der Waals surface area contributed by atoms with Crippen molar-refractivity contribution in [2.24, 2.45) is 0 Å². The van der Waals surface area contributed by atoms with E-state index in [2.05, 4.69) is 24.9 Å². The second kappa shape index (κ2) is 6.45. The van der Waals surface area contributed by atoms with Crippen molar-refractivity contribution in [2.45, 2.75) is 25.8 Å². The fraction of sp³-hybridized carbons (Fsp3) is 0.467. The Labute approximate surface area is 109 Å². The van der Waals surface area contributed by atoms with Crippen LogP contribution in [-0.4, -0.2) is 19.8 Å². The molecule has 0 aliphatic carbocycles. The Morgan fingerprint density at radius 3 is 3.00 bits per heavy atom. The van der Waals surface area contributed by atoms with Gasteiger partial charge in [0, 0.05) is 11.6 Å². The van der Waals surface area contributed by atoms with Crippen molar-refractivity contribution < 1.29 is 9.47 Å². The summed E-state index contributed by atoms with van der Waals surface area (Å²) in [6.45, 7) is 8.24. The lowest BCUT2D eigenvalue weighted by molar-refractivity contribution is 0.168. The number of nitrogens with one attached hydrogen (secondary N) is 1. The highest BCUT2D eigenvalue weighted by Gasteiger charge is 2.20. The molecule has 98 valence electrons. The minimum Gasteiger partial charge on any atom is -0.486 e. The molecule has 1 N–H and O–H groups in total. The average molecular weight is 247 g/mol. The molecule has 18 heavy (non-hydrogen) atoms. The van der Waals surface area contributed by atoms with E-state index in [4.69, 9.17) is 9.47 Å². The van der Waals surface area contributed by atoms with E-state index in [0.717, 1.165) is 30.9 Å². The van der Waals surface area contributed by atoms with Crippen molar-refractivity contribution in [2.75, 3.05) is 19.8 Å². The fourth-order valence-corrected chi connectivity index (χ4v) is 2.18. The molecule has 0 bridgehead atoms. The Balaban J connectivity index is 2.25. The number of rotatable bonds is 6. The molecule has 1 aliphatic rings. The lowest BCUT2D eigenvalue weighted by atomic mass is 10.0. The summed E-state index contributed by atoms with van der Waals surface area (Å²) in [7, 11) is 0. The number of fused-ring (bicyclic) bond motifs is 1. The number of para-hydroxylation sites is 1. The Morgan fingerprint density at radius 2 is 2.22 bits per heavy atom. The van der Waals surface area contributed by atoms with Crippen LogP contribution in [0.15, 0.2) is 30.9 Å². The summed E-state index contributed by atoms with van der Waals surface area (Å²) < 4.78 is 11.4. The number of hydrogen-bond acceptors (Lipinski definition) is 3. The lowest BCUT2D eigenvalue weighted by Gasteiger charge is -2.25. The molecular formula is C15H21NO2. The maximum absolute atomic E-state index is 5.76. The second-order valence-electron chi connectivity index (χ2n) is 4.40. The highest BCUT2D eigenvalue weighted by Crippen LogP contribution is 2.37. The van der Waals surface area contributed by atoms with Crippen molar-refractivity contribution in [3.8, 4) is 11.5 Å². The third-order valence-electron chi connectivity index (χ3n) is 3.02. The second-order valence-corrected chi connectivity index (χ2v) is 4.40. The molecule has 1 aromatic carbocycles. The van der Waals surface area contributed by atoms with E-state index in [1.54, 1.807) is 0 Å². The summed E-state index contributed by atoms with van der Waals surface area (Å²) in [6.07, 6.45) is 3.94. The van der Waals surface area contributed by atoms with E-state index in [-0.39, 0.29) is 6.04 Å². The maximum atomic E-state index is 5.76. The van der Waals surface area contributed by atoms with Gasteiger partial charge in [-0.05, 0) is 25.5 Å². The zero-order chi connectivity index (χ0) is 12.8. The molecule has 0 radical (unpaired) electrons. The molecule has 0 spiro atoms. The van der Waals surface area contributed by atoms with Crippen molar-refractivity contribution in [1.29, 1.82) is 0 Å². The van der Waals surface area contributed by atoms with Gasteiger partial charge in [-0.1, -0.05) is 25.1 Å². The van der Waals surface area contributed by atoms with Gasteiger partial charge in [-0.25, -0.2) is 0 Å². The molecule has 3 nitrogen and oxygen atoms in total. The van der Waals surface area contributed by atoms with E-state index in [9.17, 15) is 0 Å². The molecule has 0 saturated carbocycles. The summed E-state index contributed by atoms with van der Waals surface area (Å²) in [5.41, 5.74) is 1.17. The molecule has 1 aromatic rings. The quantitative estimate of drug-likeness (QED) is 0.784. The molecule has 1 atom stereocenters. The third-order valence-corrected chi connectivity index (χ3v) is 3.02. The molecule has 2 rings (SSSR count). The van der Waals surface area contributed by atoms with Crippen molar-refractivity contribution >= 4 is 0 Å². The number of benzene rings is 1. The van der Waals surface area contributed by atoms with Gasteiger partial charge < -0.3 is 14.8 Å². The van der Waals surface area contributed by atoms with Gasteiger partial charge in [-0.15, -0.1) is 6.58 Å². The van der Waals surface area contributed by atoms with E-state index in [0.29, 0.717) is 13.2 Å². The molecule has 0 amide bonds. The van der Waals surface area contributed by atoms with Crippen LogP contribution in [0.5, 0.6) is 11.5 Å². The largest absolute Gasteiger partial charge is 0.486 e. The van der Waals surface area contributed by atoms with Crippen molar-refractivity contribution in [1.82, 2.24) is 5.32 Å². The van der Waals surface area contributed by atoms with Crippen LogP contribution in [0.3, 0.4) is 0 Å². The molecule has 0 saturated heterocycles. The first-order valence-electron chi connectivity index (χ1n) is 6.59. The zero-order valence-electron chi connectivity index (χ0n) is 10.9. The monoisotopic (exact) mass is 247 g/mol. The van der Waals surface area contributed by atoms with Crippen LogP contribution < -0.4 is 14.8 Å². The first-order chi connectivity index (χ1) is 8.86. The van der Waals surface area contributed by atoms with Gasteiger partial charge in [0.25, 0.3) is 0 Å². The van der Waals surface area contributed by atoms with Crippen LogP contribution >= 0.6 is 0 Å². The SMILES string of the molecule is C=CCC(NCCC)c1cccc2c1OCCO2. The molecule has 1 unspecified atom stereocenters. The van der Waals surface area contributed by atoms with Crippen LogP contribution in [-0.2, 0) is 0 Å².